The second kappa shape index (κ2) is 5.84. The Morgan fingerprint density at radius 2 is 2.11 bits per heavy atom. The maximum absolute atomic E-state index is 9.18. The van der Waals surface area contributed by atoms with Crippen molar-refractivity contribution in [3.05, 3.63) is 18.1 Å². The highest BCUT2D eigenvalue weighted by atomic mass is 16.5. The first-order valence-electron chi connectivity index (χ1n) is 7.12. The van der Waals surface area contributed by atoms with Crippen molar-refractivity contribution in [2.45, 2.75) is 25.2 Å². The van der Waals surface area contributed by atoms with Crippen LogP contribution in [-0.4, -0.2) is 48.0 Å². The number of hydrogen-bond acceptors (Lipinski definition) is 5. The van der Waals surface area contributed by atoms with Gasteiger partial charge in [0, 0.05) is 38.3 Å². The number of nitrogens with zero attached hydrogens (tertiary/aromatic N) is 3. The smallest absolute Gasteiger partial charge is 0.132 e. The molecule has 3 rings (SSSR count). The zero-order valence-electron chi connectivity index (χ0n) is 11.2. The number of rotatable bonds is 3. The number of aliphatic hydroxyl groups excluding tert-OH is 1. The molecular formula is C14H21N3O2. The first-order valence-corrected chi connectivity index (χ1v) is 7.12. The molecule has 2 saturated heterocycles. The Hall–Kier alpha value is -1.20. The molecular weight excluding hydrogens is 242 g/mol. The average Bonchev–Trinajstić information content (AvgIpc) is 3.02. The standard InChI is InChI=1S/C14H21N3O2/c18-8-11-1-4-17(5-2-11)14-7-13(15-10-16-14)12-3-6-19-9-12/h7,10-12,18H,1-6,8-9H2/t12-/m1/s1. The Labute approximate surface area is 113 Å². The number of aliphatic hydroxyl groups is 1. The van der Waals surface area contributed by atoms with Gasteiger partial charge in [-0.3, -0.25) is 0 Å². The molecule has 1 N–H and O–H groups in total. The van der Waals surface area contributed by atoms with Crippen molar-refractivity contribution in [1.82, 2.24) is 9.97 Å². The van der Waals surface area contributed by atoms with Crippen LogP contribution in [0.4, 0.5) is 5.82 Å². The molecule has 0 aliphatic carbocycles. The molecule has 2 aliphatic heterocycles. The highest BCUT2D eigenvalue weighted by molar-refractivity contribution is 5.40. The van der Waals surface area contributed by atoms with Gasteiger partial charge in [0.1, 0.15) is 12.1 Å². The van der Waals surface area contributed by atoms with Crippen LogP contribution in [0, 0.1) is 5.92 Å². The van der Waals surface area contributed by atoms with Crippen molar-refractivity contribution in [2.75, 3.05) is 37.8 Å². The lowest BCUT2D eigenvalue weighted by atomic mass is 9.98. The molecule has 5 nitrogen and oxygen atoms in total. The van der Waals surface area contributed by atoms with Crippen LogP contribution in [0.2, 0.25) is 0 Å². The second-order valence-electron chi connectivity index (χ2n) is 5.47. The van der Waals surface area contributed by atoms with E-state index in [2.05, 4.69) is 20.9 Å². The van der Waals surface area contributed by atoms with E-state index in [1.54, 1.807) is 6.33 Å². The lowest BCUT2D eigenvalue weighted by Gasteiger charge is -2.32. The summed E-state index contributed by atoms with van der Waals surface area (Å²) in [6, 6.07) is 2.11. The van der Waals surface area contributed by atoms with Crippen LogP contribution in [0.3, 0.4) is 0 Å². The zero-order valence-corrected chi connectivity index (χ0v) is 11.2. The fraction of sp³-hybridized carbons (Fsp3) is 0.714. The molecule has 0 aromatic carbocycles. The van der Waals surface area contributed by atoms with Gasteiger partial charge in [-0.1, -0.05) is 0 Å². The molecule has 104 valence electrons. The van der Waals surface area contributed by atoms with E-state index in [1.807, 2.05) is 0 Å². The maximum Gasteiger partial charge on any atom is 0.132 e. The van der Waals surface area contributed by atoms with Crippen molar-refractivity contribution in [1.29, 1.82) is 0 Å². The molecule has 1 atom stereocenters. The van der Waals surface area contributed by atoms with Crippen molar-refractivity contribution in [3.8, 4) is 0 Å². The van der Waals surface area contributed by atoms with Gasteiger partial charge in [-0.25, -0.2) is 9.97 Å². The summed E-state index contributed by atoms with van der Waals surface area (Å²) in [7, 11) is 0. The zero-order chi connectivity index (χ0) is 13.1. The van der Waals surface area contributed by atoms with E-state index in [-0.39, 0.29) is 0 Å². The summed E-state index contributed by atoms with van der Waals surface area (Å²) in [4.78, 5) is 11.1. The minimum Gasteiger partial charge on any atom is -0.396 e. The Kier molecular flexibility index (Phi) is 3.94. The van der Waals surface area contributed by atoms with Crippen LogP contribution in [0.15, 0.2) is 12.4 Å². The molecule has 0 unspecified atom stereocenters. The molecule has 0 bridgehead atoms. The van der Waals surface area contributed by atoms with Gasteiger partial charge < -0.3 is 14.7 Å². The molecule has 3 heterocycles. The molecule has 0 saturated carbocycles. The van der Waals surface area contributed by atoms with Crippen molar-refractivity contribution < 1.29 is 9.84 Å². The monoisotopic (exact) mass is 263 g/mol. The molecule has 2 aliphatic rings. The van der Waals surface area contributed by atoms with E-state index in [4.69, 9.17) is 4.74 Å². The summed E-state index contributed by atoms with van der Waals surface area (Å²) >= 11 is 0. The molecule has 1 aromatic heterocycles. The SMILES string of the molecule is OCC1CCN(c2cc([C@@H]3CCOC3)ncn2)CC1. The Morgan fingerprint density at radius 1 is 1.26 bits per heavy atom. The maximum atomic E-state index is 9.18. The summed E-state index contributed by atoms with van der Waals surface area (Å²) in [5, 5.41) is 9.18. The number of anilines is 1. The first kappa shape index (κ1) is 12.8. The summed E-state index contributed by atoms with van der Waals surface area (Å²) in [5.41, 5.74) is 1.10. The minimum atomic E-state index is 0.308. The van der Waals surface area contributed by atoms with Crippen molar-refractivity contribution >= 4 is 5.82 Å². The first-order chi connectivity index (χ1) is 9.36. The van der Waals surface area contributed by atoms with Gasteiger partial charge in [-0.15, -0.1) is 0 Å². The molecule has 1 aromatic rings. The van der Waals surface area contributed by atoms with E-state index in [1.165, 1.54) is 0 Å². The molecule has 19 heavy (non-hydrogen) atoms. The van der Waals surface area contributed by atoms with E-state index in [0.29, 0.717) is 18.4 Å². The fourth-order valence-corrected chi connectivity index (χ4v) is 2.87. The van der Waals surface area contributed by atoms with Crippen LogP contribution in [0.5, 0.6) is 0 Å². The van der Waals surface area contributed by atoms with Crippen molar-refractivity contribution in [3.63, 3.8) is 0 Å². The highest BCUT2D eigenvalue weighted by Crippen LogP contribution is 2.27. The largest absolute Gasteiger partial charge is 0.396 e. The number of aromatic nitrogens is 2. The van der Waals surface area contributed by atoms with Gasteiger partial charge in [0.15, 0.2) is 0 Å². The number of ether oxygens (including phenoxy) is 1. The van der Waals surface area contributed by atoms with Gasteiger partial charge in [-0.05, 0) is 25.2 Å². The van der Waals surface area contributed by atoms with E-state index in [0.717, 1.165) is 57.1 Å². The van der Waals surface area contributed by atoms with Crippen LogP contribution in [0.1, 0.15) is 30.9 Å². The Morgan fingerprint density at radius 3 is 2.79 bits per heavy atom. The van der Waals surface area contributed by atoms with E-state index in [9.17, 15) is 5.11 Å². The van der Waals surface area contributed by atoms with Crippen LogP contribution >= 0.6 is 0 Å². The topological polar surface area (TPSA) is 58.5 Å². The molecule has 0 amide bonds. The Balaban J connectivity index is 1.69. The summed E-state index contributed by atoms with van der Waals surface area (Å²) in [5.74, 6) is 1.91. The third-order valence-corrected chi connectivity index (χ3v) is 4.22. The van der Waals surface area contributed by atoms with Crippen LogP contribution in [-0.2, 0) is 4.74 Å². The van der Waals surface area contributed by atoms with Gasteiger partial charge in [0.2, 0.25) is 0 Å². The molecule has 0 spiro atoms. The summed E-state index contributed by atoms with van der Waals surface area (Å²) in [6.07, 6.45) is 4.81. The number of hydrogen-bond donors (Lipinski definition) is 1. The number of piperidine rings is 1. The van der Waals surface area contributed by atoms with Crippen molar-refractivity contribution in [2.24, 2.45) is 5.92 Å². The van der Waals surface area contributed by atoms with Gasteiger partial charge >= 0.3 is 0 Å². The highest BCUT2D eigenvalue weighted by Gasteiger charge is 2.22. The summed E-state index contributed by atoms with van der Waals surface area (Å²) < 4.78 is 5.42. The quantitative estimate of drug-likeness (QED) is 0.887. The minimum absolute atomic E-state index is 0.308. The van der Waals surface area contributed by atoms with Gasteiger partial charge in [-0.2, -0.15) is 0 Å². The third-order valence-electron chi connectivity index (χ3n) is 4.22. The van der Waals surface area contributed by atoms with Crippen LogP contribution < -0.4 is 4.90 Å². The van der Waals surface area contributed by atoms with Crippen LogP contribution in [0.25, 0.3) is 0 Å². The second-order valence-corrected chi connectivity index (χ2v) is 5.47. The lowest BCUT2D eigenvalue weighted by Crippen LogP contribution is -2.35. The predicted octanol–water partition coefficient (Wildman–Crippen LogP) is 1.19. The molecule has 5 heteroatoms. The third kappa shape index (κ3) is 2.87. The van der Waals surface area contributed by atoms with E-state index >= 15 is 0 Å². The van der Waals surface area contributed by atoms with Gasteiger partial charge in [0.25, 0.3) is 0 Å². The normalized spacial score (nSPS) is 24.9. The average molecular weight is 263 g/mol. The van der Waals surface area contributed by atoms with Gasteiger partial charge in [0.05, 0.1) is 12.3 Å². The van der Waals surface area contributed by atoms with E-state index < -0.39 is 0 Å². The summed E-state index contributed by atoms with van der Waals surface area (Å²) in [6.45, 7) is 3.88. The lowest BCUT2D eigenvalue weighted by molar-refractivity contribution is 0.193. The molecule has 0 radical (unpaired) electrons. The predicted molar refractivity (Wildman–Crippen MR) is 72.2 cm³/mol. The fourth-order valence-electron chi connectivity index (χ4n) is 2.87. The Bertz CT molecular complexity index is 413. The molecule has 2 fully saturated rings.